The molecule has 0 aliphatic carbocycles. The highest BCUT2D eigenvalue weighted by atomic mass is 35.5. The van der Waals surface area contributed by atoms with E-state index in [1.165, 1.54) is 5.56 Å². The number of fused-ring (bicyclic) bond motifs is 1. The van der Waals surface area contributed by atoms with Crippen molar-refractivity contribution in [3.8, 4) is 0 Å². The SMILES string of the molecule is Cc1ccc2nc(Cl)nc(C3CCCO3)c2c1. The van der Waals surface area contributed by atoms with Crippen LogP contribution < -0.4 is 0 Å². The number of aromatic nitrogens is 2. The first kappa shape index (κ1) is 10.9. The van der Waals surface area contributed by atoms with Gasteiger partial charge in [0, 0.05) is 12.0 Å². The smallest absolute Gasteiger partial charge is 0.223 e. The van der Waals surface area contributed by atoms with Gasteiger partial charge >= 0.3 is 0 Å². The molecule has 4 heteroatoms. The van der Waals surface area contributed by atoms with Crippen molar-refractivity contribution in [2.45, 2.75) is 25.9 Å². The number of hydrogen-bond donors (Lipinski definition) is 0. The average Bonchev–Trinajstić information content (AvgIpc) is 2.82. The molecule has 17 heavy (non-hydrogen) atoms. The third kappa shape index (κ3) is 2.01. The van der Waals surface area contributed by atoms with E-state index in [9.17, 15) is 0 Å². The number of halogens is 1. The summed E-state index contributed by atoms with van der Waals surface area (Å²) in [5.74, 6) is 0. The predicted octanol–water partition coefficient (Wildman–Crippen LogP) is 3.44. The number of rotatable bonds is 1. The minimum Gasteiger partial charge on any atom is -0.372 e. The van der Waals surface area contributed by atoms with Crippen molar-refractivity contribution in [3.05, 3.63) is 34.7 Å². The molecule has 1 aromatic heterocycles. The summed E-state index contributed by atoms with van der Waals surface area (Å²) in [5, 5.41) is 1.35. The van der Waals surface area contributed by atoms with Crippen molar-refractivity contribution in [3.63, 3.8) is 0 Å². The Kier molecular flexibility index (Phi) is 2.73. The van der Waals surface area contributed by atoms with Crippen LogP contribution in [0.15, 0.2) is 18.2 Å². The third-order valence-corrected chi connectivity index (χ3v) is 3.26. The highest BCUT2D eigenvalue weighted by Crippen LogP contribution is 2.32. The van der Waals surface area contributed by atoms with Crippen LogP contribution in [-0.4, -0.2) is 16.6 Å². The molecule has 88 valence electrons. The Balaban J connectivity index is 2.23. The summed E-state index contributed by atoms with van der Waals surface area (Å²) in [6, 6.07) is 6.12. The summed E-state index contributed by atoms with van der Waals surface area (Å²) in [5.41, 5.74) is 3.02. The summed E-state index contributed by atoms with van der Waals surface area (Å²) in [6.07, 6.45) is 2.16. The molecule has 3 nitrogen and oxygen atoms in total. The molecule has 0 bridgehead atoms. The van der Waals surface area contributed by atoms with Gasteiger partial charge in [-0.25, -0.2) is 9.97 Å². The number of nitrogens with zero attached hydrogens (tertiary/aromatic N) is 2. The standard InChI is InChI=1S/C13H13ClN2O/c1-8-4-5-10-9(7-8)12(16-13(14)15-10)11-3-2-6-17-11/h4-5,7,11H,2-3,6H2,1H3. The normalized spacial score (nSPS) is 20.0. The van der Waals surface area contributed by atoms with Crippen molar-refractivity contribution in [2.75, 3.05) is 6.61 Å². The van der Waals surface area contributed by atoms with Crippen molar-refractivity contribution in [1.82, 2.24) is 9.97 Å². The van der Waals surface area contributed by atoms with Gasteiger partial charge in [0.2, 0.25) is 5.28 Å². The van der Waals surface area contributed by atoms with Crippen LogP contribution in [0.4, 0.5) is 0 Å². The molecule has 2 aromatic rings. The van der Waals surface area contributed by atoms with Crippen molar-refractivity contribution < 1.29 is 4.74 Å². The Morgan fingerprint density at radius 1 is 1.35 bits per heavy atom. The quantitative estimate of drug-likeness (QED) is 0.725. The van der Waals surface area contributed by atoms with E-state index in [0.29, 0.717) is 5.28 Å². The molecule has 0 radical (unpaired) electrons. The highest BCUT2D eigenvalue weighted by molar-refractivity contribution is 6.28. The van der Waals surface area contributed by atoms with Crippen molar-refractivity contribution >= 4 is 22.5 Å². The van der Waals surface area contributed by atoms with Gasteiger partial charge in [0.1, 0.15) is 6.10 Å². The molecule has 1 aliphatic rings. The second-order valence-electron chi connectivity index (χ2n) is 4.40. The molecular weight excluding hydrogens is 236 g/mol. The first-order valence-electron chi connectivity index (χ1n) is 5.79. The zero-order chi connectivity index (χ0) is 11.8. The topological polar surface area (TPSA) is 35.0 Å². The minimum absolute atomic E-state index is 0.0693. The van der Waals surface area contributed by atoms with E-state index in [0.717, 1.165) is 36.0 Å². The Morgan fingerprint density at radius 2 is 2.24 bits per heavy atom. The zero-order valence-electron chi connectivity index (χ0n) is 9.61. The van der Waals surface area contributed by atoms with E-state index >= 15 is 0 Å². The second-order valence-corrected chi connectivity index (χ2v) is 4.74. The van der Waals surface area contributed by atoms with Gasteiger partial charge in [0.25, 0.3) is 0 Å². The molecule has 1 unspecified atom stereocenters. The largest absolute Gasteiger partial charge is 0.372 e. The lowest BCUT2D eigenvalue weighted by Gasteiger charge is -2.12. The van der Waals surface area contributed by atoms with Gasteiger partial charge in [-0.05, 0) is 43.5 Å². The summed E-state index contributed by atoms with van der Waals surface area (Å²) < 4.78 is 5.69. The summed E-state index contributed by atoms with van der Waals surface area (Å²) in [4.78, 5) is 8.60. The molecule has 1 atom stereocenters. The fraction of sp³-hybridized carbons (Fsp3) is 0.385. The molecule has 3 rings (SSSR count). The first-order chi connectivity index (χ1) is 8.24. The molecule has 1 fully saturated rings. The van der Waals surface area contributed by atoms with Gasteiger partial charge in [-0.2, -0.15) is 0 Å². The molecule has 2 heterocycles. The second kappa shape index (κ2) is 4.24. The molecule has 0 saturated carbocycles. The molecule has 0 amide bonds. The third-order valence-electron chi connectivity index (χ3n) is 3.09. The molecule has 1 aliphatic heterocycles. The van der Waals surface area contributed by atoms with E-state index in [2.05, 4.69) is 23.0 Å². The van der Waals surface area contributed by atoms with Crippen LogP contribution in [-0.2, 0) is 4.74 Å². The summed E-state index contributed by atoms with van der Waals surface area (Å²) >= 11 is 5.96. The minimum atomic E-state index is 0.0693. The zero-order valence-corrected chi connectivity index (χ0v) is 10.4. The van der Waals surface area contributed by atoms with Crippen molar-refractivity contribution in [2.24, 2.45) is 0 Å². The number of hydrogen-bond acceptors (Lipinski definition) is 3. The monoisotopic (exact) mass is 248 g/mol. The van der Waals surface area contributed by atoms with E-state index in [1.807, 2.05) is 12.1 Å². The van der Waals surface area contributed by atoms with Gasteiger partial charge in [-0.1, -0.05) is 11.6 Å². The van der Waals surface area contributed by atoms with Crippen LogP contribution in [0.5, 0.6) is 0 Å². The lowest BCUT2D eigenvalue weighted by molar-refractivity contribution is 0.110. The molecule has 0 spiro atoms. The summed E-state index contributed by atoms with van der Waals surface area (Å²) in [7, 11) is 0. The van der Waals surface area contributed by atoms with Crippen LogP contribution in [0, 0.1) is 6.92 Å². The van der Waals surface area contributed by atoms with Gasteiger partial charge in [0.15, 0.2) is 0 Å². The van der Waals surface area contributed by atoms with Crippen molar-refractivity contribution in [1.29, 1.82) is 0 Å². The first-order valence-corrected chi connectivity index (χ1v) is 6.17. The Hall–Kier alpha value is -1.19. The number of aryl methyl sites for hydroxylation is 1. The summed E-state index contributed by atoms with van der Waals surface area (Å²) in [6.45, 7) is 2.87. The van der Waals surface area contributed by atoms with Gasteiger partial charge in [-0.3, -0.25) is 0 Å². The van der Waals surface area contributed by atoms with Crippen LogP contribution in [0.1, 0.15) is 30.2 Å². The van der Waals surface area contributed by atoms with Crippen LogP contribution in [0.2, 0.25) is 5.28 Å². The predicted molar refractivity (Wildman–Crippen MR) is 67.2 cm³/mol. The van der Waals surface area contributed by atoms with Crippen LogP contribution >= 0.6 is 11.6 Å². The van der Waals surface area contributed by atoms with E-state index in [-0.39, 0.29) is 6.10 Å². The van der Waals surface area contributed by atoms with Gasteiger partial charge in [-0.15, -0.1) is 0 Å². The fourth-order valence-electron chi connectivity index (χ4n) is 2.28. The lowest BCUT2D eigenvalue weighted by Crippen LogP contribution is -2.02. The van der Waals surface area contributed by atoms with E-state index in [1.54, 1.807) is 0 Å². The Labute approximate surface area is 105 Å². The molecular formula is C13H13ClN2O. The maximum atomic E-state index is 5.96. The Bertz CT molecular complexity index is 565. The average molecular weight is 249 g/mol. The fourth-order valence-corrected chi connectivity index (χ4v) is 2.46. The maximum Gasteiger partial charge on any atom is 0.223 e. The lowest BCUT2D eigenvalue weighted by atomic mass is 10.1. The number of benzene rings is 1. The number of ether oxygens (including phenoxy) is 1. The maximum absolute atomic E-state index is 5.96. The van der Waals surface area contributed by atoms with Gasteiger partial charge in [0.05, 0.1) is 11.2 Å². The highest BCUT2D eigenvalue weighted by Gasteiger charge is 2.22. The van der Waals surface area contributed by atoms with E-state index in [4.69, 9.17) is 16.3 Å². The van der Waals surface area contributed by atoms with E-state index < -0.39 is 0 Å². The van der Waals surface area contributed by atoms with Crippen LogP contribution in [0.3, 0.4) is 0 Å². The molecule has 1 saturated heterocycles. The molecule has 0 N–H and O–H groups in total. The Morgan fingerprint density at radius 3 is 3.00 bits per heavy atom. The van der Waals surface area contributed by atoms with Crippen LogP contribution in [0.25, 0.3) is 10.9 Å². The molecule has 1 aromatic carbocycles. The van der Waals surface area contributed by atoms with Gasteiger partial charge < -0.3 is 4.74 Å².